The minimum Gasteiger partial charge on any atom is -0.497 e. The summed E-state index contributed by atoms with van der Waals surface area (Å²) in [7, 11) is 4.07. The summed E-state index contributed by atoms with van der Waals surface area (Å²) in [5.41, 5.74) is 1.29. The highest BCUT2D eigenvalue weighted by molar-refractivity contribution is 7.99. The zero-order chi connectivity index (χ0) is 24.7. The maximum absolute atomic E-state index is 12.7. The fourth-order valence-electron chi connectivity index (χ4n) is 3.15. The van der Waals surface area contributed by atoms with Gasteiger partial charge in [0.05, 0.1) is 43.9 Å². The molecule has 10 nitrogen and oxygen atoms in total. The van der Waals surface area contributed by atoms with Crippen molar-refractivity contribution in [1.82, 2.24) is 14.8 Å². The minimum atomic E-state index is -0.645. The molecule has 1 N–H and O–H groups in total. The molecule has 0 unspecified atom stereocenters. The second-order valence-electron chi connectivity index (χ2n) is 6.86. The standard InChI is InChI=1S/C23H24N4O6S/c1-5-27-20(14-7-6-8-16(11-14)31-2)25-26-23(27)34-13-19(28)24-18-12-15(21(29)32-3)9-10-17(18)22(30)33-4/h6-12H,5,13H2,1-4H3,(H,24,28). The van der Waals surface area contributed by atoms with Crippen LogP contribution in [-0.2, 0) is 20.8 Å². The average molecular weight is 485 g/mol. The van der Waals surface area contributed by atoms with Gasteiger partial charge in [0.15, 0.2) is 11.0 Å². The number of esters is 2. The zero-order valence-electron chi connectivity index (χ0n) is 19.2. The molecular formula is C23H24N4O6S. The predicted octanol–water partition coefficient (Wildman–Crippen LogP) is 3.28. The van der Waals surface area contributed by atoms with Crippen LogP contribution >= 0.6 is 11.8 Å². The maximum Gasteiger partial charge on any atom is 0.339 e. The Morgan fingerprint density at radius 1 is 1.00 bits per heavy atom. The van der Waals surface area contributed by atoms with Crippen molar-refractivity contribution in [3.8, 4) is 17.1 Å². The molecule has 0 fully saturated rings. The Hall–Kier alpha value is -3.86. The van der Waals surface area contributed by atoms with Crippen LogP contribution in [0, 0.1) is 0 Å². The van der Waals surface area contributed by atoms with E-state index in [4.69, 9.17) is 14.2 Å². The van der Waals surface area contributed by atoms with Gasteiger partial charge >= 0.3 is 11.9 Å². The Kier molecular flexibility index (Phi) is 8.25. The molecule has 3 aromatic rings. The fraction of sp³-hybridized carbons (Fsp3) is 0.261. The molecular weight excluding hydrogens is 460 g/mol. The second kappa shape index (κ2) is 11.3. The molecule has 0 spiro atoms. The number of rotatable bonds is 9. The Labute approximate surface area is 200 Å². The highest BCUT2D eigenvalue weighted by Crippen LogP contribution is 2.27. The number of carbonyl (C=O) groups is 3. The third kappa shape index (κ3) is 5.54. The van der Waals surface area contributed by atoms with Gasteiger partial charge in [-0.15, -0.1) is 10.2 Å². The molecule has 0 saturated carbocycles. The average Bonchev–Trinajstić information content (AvgIpc) is 3.29. The monoisotopic (exact) mass is 484 g/mol. The number of nitrogens with zero attached hydrogens (tertiary/aromatic N) is 3. The molecule has 0 aliphatic heterocycles. The topological polar surface area (TPSA) is 122 Å². The van der Waals surface area contributed by atoms with E-state index in [1.165, 1.54) is 44.2 Å². The lowest BCUT2D eigenvalue weighted by atomic mass is 10.1. The van der Waals surface area contributed by atoms with Crippen LogP contribution in [0.3, 0.4) is 0 Å². The molecule has 1 heterocycles. The van der Waals surface area contributed by atoms with Gasteiger partial charge in [-0.25, -0.2) is 9.59 Å². The SMILES string of the molecule is CCn1c(SCC(=O)Nc2cc(C(=O)OC)ccc2C(=O)OC)nnc1-c1cccc(OC)c1. The smallest absolute Gasteiger partial charge is 0.339 e. The molecule has 0 aliphatic rings. The summed E-state index contributed by atoms with van der Waals surface area (Å²) in [6, 6.07) is 11.7. The Balaban J connectivity index is 1.77. The van der Waals surface area contributed by atoms with Crippen molar-refractivity contribution in [1.29, 1.82) is 0 Å². The number of ether oxygens (including phenoxy) is 3. The van der Waals surface area contributed by atoms with Crippen LogP contribution in [0.2, 0.25) is 0 Å². The number of amides is 1. The summed E-state index contributed by atoms with van der Waals surface area (Å²) >= 11 is 1.20. The molecule has 0 aliphatic carbocycles. The third-order valence-corrected chi connectivity index (χ3v) is 5.78. The van der Waals surface area contributed by atoms with Crippen LogP contribution in [0.5, 0.6) is 5.75 Å². The molecule has 0 saturated heterocycles. The number of benzene rings is 2. The Morgan fingerprint density at radius 3 is 2.44 bits per heavy atom. The summed E-state index contributed by atoms with van der Waals surface area (Å²) in [4.78, 5) is 36.6. The van der Waals surface area contributed by atoms with Crippen LogP contribution in [0.25, 0.3) is 11.4 Å². The van der Waals surface area contributed by atoms with E-state index in [1.807, 2.05) is 35.8 Å². The largest absolute Gasteiger partial charge is 0.497 e. The lowest BCUT2D eigenvalue weighted by Gasteiger charge is -2.12. The van der Waals surface area contributed by atoms with Crippen LogP contribution in [0.4, 0.5) is 5.69 Å². The van der Waals surface area contributed by atoms with Gasteiger partial charge in [-0.1, -0.05) is 23.9 Å². The quantitative estimate of drug-likeness (QED) is 0.360. The van der Waals surface area contributed by atoms with E-state index in [2.05, 4.69) is 15.5 Å². The maximum atomic E-state index is 12.7. The highest BCUT2D eigenvalue weighted by atomic mass is 32.2. The Bertz CT molecular complexity index is 1210. The first kappa shape index (κ1) is 24.8. The molecule has 11 heteroatoms. The van der Waals surface area contributed by atoms with E-state index >= 15 is 0 Å². The summed E-state index contributed by atoms with van der Waals surface area (Å²) in [6.07, 6.45) is 0. The lowest BCUT2D eigenvalue weighted by molar-refractivity contribution is -0.113. The van der Waals surface area contributed by atoms with E-state index in [0.29, 0.717) is 23.3 Å². The van der Waals surface area contributed by atoms with Gasteiger partial charge in [0.2, 0.25) is 5.91 Å². The molecule has 0 bridgehead atoms. The number of carbonyl (C=O) groups excluding carboxylic acids is 3. The number of nitrogens with one attached hydrogen (secondary N) is 1. The molecule has 1 aromatic heterocycles. The molecule has 178 valence electrons. The fourth-order valence-corrected chi connectivity index (χ4v) is 3.96. The summed E-state index contributed by atoms with van der Waals surface area (Å²) in [5.74, 6) is -0.282. The van der Waals surface area contributed by atoms with Crippen molar-refractivity contribution in [2.45, 2.75) is 18.6 Å². The third-order valence-electron chi connectivity index (χ3n) is 4.81. The number of anilines is 1. The molecule has 2 aromatic carbocycles. The van der Waals surface area contributed by atoms with Crippen molar-refractivity contribution in [3.63, 3.8) is 0 Å². The van der Waals surface area contributed by atoms with Crippen LogP contribution < -0.4 is 10.1 Å². The molecule has 0 atom stereocenters. The second-order valence-corrected chi connectivity index (χ2v) is 7.81. The number of thioether (sulfide) groups is 1. The summed E-state index contributed by atoms with van der Waals surface area (Å²) in [5, 5.41) is 11.7. The minimum absolute atomic E-state index is 0.000686. The van der Waals surface area contributed by atoms with E-state index in [-0.39, 0.29) is 22.6 Å². The first-order valence-corrected chi connectivity index (χ1v) is 11.2. The number of methoxy groups -OCH3 is 3. The van der Waals surface area contributed by atoms with E-state index in [9.17, 15) is 14.4 Å². The Morgan fingerprint density at radius 2 is 1.76 bits per heavy atom. The van der Waals surface area contributed by atoms with Gasteiger partial charge < -0.3 is 24.1 Å². The predicted molar refractivity (Wildman–Crippen MR) is 126 cm³/mol. The highest BCUT2D eigenvalue weighted by Gasteiger charge is 2.19. The van der Waals surface area contributed by atoms with Crippen LogP contribution in [0.1, 0.15) is 27.6 Å². The van der Waals surface area contributed by atoms with Gasteiger partial charge in [0, 0.05) is 12.1 Å². The van der Waals surface area contributed by atoms with E-state index < -0.39 is 17.8 Å². The van der Waals surface area contributed by atoms with Gasteiger partial charge in [0.25, 0.3) is 0 Å². The molecule has 34 heavy (non-hydrogen) atoms. The normalized spacial score (nSPS) is 10.5. The van der Waals surface area contributed by atoms with Gasteiger partial charge in [-0.2, -0.15) is 0 Å². The van der Waals surface area contributed by atoms with Crippen molar-refractivity contribution in [2.75, 3.05) is 32.4 Å². The lowest BCUT2D eigenvalue weighted by Crippen LogP contribution is -2.18. The summed E-state index contributed by atoms with van der Waals surface area (Å²) < 4.78 is 16.6. The van der Waals surface area contributed by atoms with Crippen LogP contribution in [0.15, 0.2) is 47.6 Å². The number of aromatic nitrogens is 3. The van der Waals surface area contributed by atoms with Crippen molar-refractivity contribution in [2.24, 2.45) is 0 Å². The van der Waals surface area contributed by atoms with Crippen molar-refractivity contribution in [3.05, 3.63) is 53.6 Å². The van der Waals surface area contributed by atoms with Gasteiger partial charge in [-0.3, -0.25) is 4.79 Å². The molecule has 0 radical (unpaired) electrons. The molecule has 1 amide bonds. The zero-order valence-corrected chi connectivity index (χ0v) is 20.0. The summed E-state index contributed by atoms with van der Waals surface area (Å²) in [6.45, 7) is 2.55. The van der Waals surface area contributed by atoms with Crippen LogP contribution in [-0.4, -0.2) is 59.7 Å². The van der Waals surface area contributed by atoms with Crippen molar-refractivity contribution < 1.29 is 28.6 Å². The number of hydrogen-bond acceptors (Lipinski definition) is 9. The van der Waals surface area contributed by atoms with Gasteiger partial charge in [-0.05, 0) is 37.3 Å². The van der Waals surface area contributed by atoms with Crippen molar-refractivity contribution >= 4 is 35.3 Å². The first-order chi connectivity index (χ1) is 16.4. The molecule has 3 rings (SSSR count). The van der Waals surface area contributed by atoms with E-state index in [1.54, 1.807) is 7.11 Å². The first-order valence-electron chi connectivity index (χ1n) is 10.2. The van der Waals surface area contributed by atoms with E-state index in [0.717, 1.165) is 5.56 Å². The van der Waals surface area contributed by atoms with Gasteiger partial charge in [0.1, 0.15) is 5.75 Å². The number of hydrogen-bond donors (Lipinski definition) is 1.